The molecule has 0 bridgehead atoms. The fourth-order valence-corrected chi connectivity index (χ4v) is 2.79. The third-order valence-corrected chi connectivity index (χ3v) is 4.10. The Kier molecular flexibility index (Phi) is 3.83. The topological polar surface area (TPSA) is 42.7 Å². The van der Waals surface area contributed by atoms with Crippen LogP contribution < -0.4 is 0 Å². The van der Waals surface area contributed by atoms with Crippen LogP contribution in [0.3, 0.4) is 0 Å². The summed E-state index contributed by atoms with van der Waals surface area (Å²) in [5.41, 5.74) is 1.83. The first-order chi connectivity index (χ1) is 10.1. The highest BCUT2D eigenvalue weighted by Crippen LogP contribution is 2.24. The van der Waals surface area contributed by atoms with E-state index in [9.17, 15) is 4.79 Å². The van der Waals surface area contributed by atoms with E-state index in [1.165, 1.54) is 0 Å². The Hall–Kier alpha value is -1.65. The molecule has 1 saturated heterocycles. The fourth-order valence-electron chi connectivity index (χ4n) is 2.79. The SMILES string of the molecule is Cc1cccc2cc(C(=O)C3CN(C(C)C)CCO3)oc12. The predicted molar refractivity (Wildman–Crippen MR) is 81.7 cm³/mol. The average molecular weight is 287 g/mol. The summed E-state index contributed by atoms with van der Waals surface area (Å²) in [6.07, 6.45) is -0.429. The van der Waals surface area contributed by atoms with E-state index in [-0.39, 0.29) is 5.78 Å². The van der Waals surface area contributed by atoms with Gasteiger partial charge in [-0.05, 0) is 32.4 Å². The molecule has 2 aromatic rings. The number of ether oxygens (including phenoxy) is 1. The summed E-state index contributed by atoms with van der Waals surface area (Å²) in [4.78, 5) is 14.9. The van der Waals surface area contributed by atoms with E-state index in [0.717, 1.165) is 23.1 Å². The van der Waals surface area contributed by atoms with Gasteiger partial charge in [-0.3, -0.25) is 9.69 Å². The number of nitrogens with zero attached hydrogens (tertiary/aromatic N) is 1. The van der Waals surface area contributed by atoms with E-state index in [2.05, 4.69) is 18.7 Å². The number of furan rings is 1. The number of fused-ring (bicyclic) bond motifs is 1. The zero-order valence-corrected chi connectivity index (χ0v) is 12.8. The molecule has 4 heteroatoms. The molecule has 1 atom stereocenters. The number of aryl methyl sites for hydroxylation is 1. The van der Waals surface area contributed by atoms with E-state index in [4.69, 9.17) is 9.15 Å². The van der Waals surface area contributed by atoms with Crippen molar-refractivity contribution in [2.45, 2.75) is 32.9 Å². The molecule has 0 spiro atoms. The minimum atomic E-state index is -0.429. The Morgan fingerprint density at radius 2 is 2.19 bits per heavy atom. The summed E-state index contributed by atoms with van der Waals surface area (Å²) in [7, 11) is 0. The Morgan fingerprint density at radius 3 is 2.90 bits per heavy atom. The van der Waals surface area contributed by atoms with Crippen LogP contribution in [-0.4, -0.2) is 42.5 Å². The van der Waals surface area contributed by atoms with E-state index >= 15 is 0 Å². The van der Waals surface area contributed by atoms with Gasteiger partial charge in [-0.25, -0.2) is 0 Å². The number of benzene rings is 1. The van der Waals surface area contributed by atoms with Gasteiger partial charge in [0.2, 0.25) is 5.78 Å². The minimum absolute atomic E-state index is 0.0593. The standard InChI is InChI=1S/C17H21NO3/c1-11(2)18-7-8-20-15(10-18)16(19)14-9-13-6-4-5-12(3)17(13)21-14/h4-6,9,11,15H,7-8,10H2,1-3H3. The van der Waals surface area contributed by atoms with Crippen LogP contribution in [0.25, 0.3) is 11.0 Å². The second kappa shape index (κ2) is 5.62. The lowest BCUT2D eigenvalue weighted by Gasteiger charge is -2.34. The molecule has 112 valence electrons. The Bertz CT molecular complexity index is 659. The number of para-hydroxylation sites is 1. The van der Waals surface area contributed by atoms with Gasteiger partial charge in [-0.1, -0.05) is 18.2 Å². The smallest absolute Gasteiger partial charge is 0.227 e. The second-order valence-corrected chi connectivity index (χ2v) is 5.92. The number of carbonyl (C=O) groups excluding carboxylic acids is 1. The molecule has 0 aliphatic carbocycles. The summed E-state index contributed by atoms with van der Waals surface area (Å²) in [6, 6.07) is 8.16. The van der Waals surface area contributed by atoms with Gasteiger partial charge in [-0.2, -0.15) is 0 Å². The van der Waals surface area contributed by atoms with Crippen LogP contribution in [0.1, 0.15) is 30.0 Å². The third-order valence-electron chi connectivity index (χ3n) is 4.10. The molecule has 0 radical (unpaired) electrons. The lowest BCUT2D eigenvalue weighted by atomic mass is 10.1. The lowest BCUT2D eigenvalue weighted by Crippen LogP contribution is -2.48. The number of carbonyl (C=O) groups is 1. The summed E-state index contributed by atoms with van der Waals surface area (Å²) >= 11 is 0. The Labute approximate surface area is 124 Å². The number of ketones is 1. The Balaban J connectivity index is 1.84. The summed E-state index contributed by atoms with van der Waals surface area (Å²) in [6.45, 7) is 8.35. The zero-order valence-electron chi connectivity index (χ0n) is 12.8. The molecule has 1 unspecified atom stereocenters. The molecule has 1 fully saturated rings. The van der Waals surface area contributed by atoms with Crippen molar-refractivity contribution in [1.82, 2.24) is 4.90 Å². The van der Waals surface area contributed by atoms with Gasteiger partial charge in [-0.15, -0.1) is 0 Å². The van der Waals surface area contributed by atoms with Gasteiger partial charge in [0, 0.05) is 24.5 Å². The number of hydrogen-bond acceptors (Lipinski definition) is 4. The van der Waals surface area contributed by atoms with Crippen LogP contribution >= 0.6 is 0 Å². The van der Waals surface area contributed by atoms with Crippen molar-refractivity contribution in [3.05, 3.63) is 35.6 Å². The number of hydrogen-bond donors (Lipinski definition) is 0. The molecule has 0 N–H and O–H groups in total. The molecule has 21 heavy (non-hydrogen) atoms. The van der Waals surface area contributed by atoms with Gasteiger partial charge in [0.05, 0.1) is 6.61 Å². The van der Waals surface area contributed by atoms with E-state index in [0.29, 0.717) is 25.0 Å². The van der Waals surface area contributed by atoms with E-state index in [1.807, 2.05) is 31.2 Å². The molecule has 0 saturated carbocycles. The monoisotopic (exact) mass is 287 g/mol. The fraction of sp³-hybridized carbons (Fsp3) is 0.471. The van der Waals surface area contributed by atoms with Gasteiger partial charge >= 0.3 is 0 Å². The average Bonchev–Trinajstić information content (AvgIpc) is 2.92. The molecule has 4 nitrogen and oxygen atoms in total. The van der Waals surface area contributed by atoms with E-state index < -0.39 is 6.10 Å². The maximum Gasteiger partial charge on any atom is 0.227 e. The highest BCUT2D eigenvalue weighted by atomic mass is 16.5. The van der Waals surface area contributed by atoms with Crippen molar-refractivity contribution >= 4 is 16.8 Å². The molecule has 1 aromatic carbocycles. The first kappa shape index (κ1) is 14.3. The summed E-state index contributed by atoms with van der Waals surface area (Å²) < 4.78 is 11.4. The third kappa shape index (κ3) is 2.74. The predicted octanol–water partition coefficient (Wildman–Crippen LogP) is 3.03. The van der Waals surface area contributed by atoms with Gasteiger partial charge in [0.25, 0.3) is 0 Å². The number of rotatable bonds is 3. The van der Waals surface area contributed by atoms with Gasteiger partial charge < -0.3 is 9.15 Å². The van der Waals surface area contributed by atoms with Gasteiger partial charge in [0.1, 0.15) is 11.7 Å². The first-order valence-corrected chi connectivity index (χ1v) is 7.45. The minimum Gasteiger partial charge on any atom is -0.453 e. The quantitative estimate of drug-likeness (QED) is 0.814. The normalized spacial score (nSPS) is 20.3. The van der Waals surface area contributed by atoms with Crippen LogP contribution in [0.4, 0.5) is 0 Å². The van der Waals surface area contributed by atoms with E-state index in [1.54, 1.807) is 0 Å². The van der Waals surface area contributed by atoms with Crippen molar-refractivity contribution in [2.75, 3.05) is 19.7 Å². The largest absolute Gasteiger partial charge is 0.453 e. The van der Waals surface area contributed by atoms with Crippen molar-refractivity contribution in [3.8, 4) is 0 Å². The van der Waals surface area contributed by atoms with Crippen molar-refractivity contribution < 1.29 is 13.9 Å². The summed E-state index contributed by atoms with van der Waals surface area (Å²) in [5.74, 6) is 0.339. The zero-order chi connectivity index (χ0) is 15.0. The molecule has 1 aliphatic rings. The maximum atomic E-state index is 12.6. The van der Waals surface area contributed by atoms with Crippen LogP contribution in [0.15, 0.2) is 28.7 Å². The first-order valence-electron chi connectivity index (χ1n) is 7.45. The highest BCUT2D eigenvalue weighted by molar-refractivity contribution is 6.01. The second-order valence-electron chi connectivity index (χ2n) is 5.92. The van der Waals surface area contributed by atoms with Crippen LogP contribution in [0.2, 0.25) is 0 Å². The molecule has 3 rings (SSSR count). The van der Waals surface area contributed by atoms with Crippen LogP contribution in [0, 0.1) is 6.92 Å². The van der Waals surface area contributed by atoms with Crippen molar-refractivity contribution in [1.29, 1.82) is 0 Å². The van der Waals surface area contributed by atoms with Crippen molar-refractivity contribution in [3.63, 3.8) is 0 Å². The molecule has 1 aromatic heterocycles. The summed E-state index contributed by atoms with van der Waals surface area (Å²) in [5, 5.41) is 0.967. The van der Waals surface area contributed by atoms with Crippen LogP contribution in [0.5, 0.6) is 0 Å². The molecule has 2 heterocycles. The lowest BCUT2D eigenvalue weighted by molar-refractivity contribution is -0.0266. The molecule has 0 amide bonds. The maximum absolute atomic E-state index is 12.6. The molecular formula is C17H21NO3. The van der Waals surface area contributed by atoms with Crippen LogP contribution in [-0.2, 0) is 4.74 Å². The number of Topliss-reactive ketones (excluding diaryl/α,β-unsaturated/α-hetero) is 1. The van der Waals surface area contributed by atoms with Gasteiger partial charge in [0.15, 0.2) is 5.76 Å². The highest BCUT2D eigenvalue weighted by Gasteiger charge is 2.30. The van der Waals surface area contributed by atoms with Crippen molar-refractivity contribution in [2.24, 2.45) is 0 Å². The Morgan fingerprint density at radius 1 is 1.38 bits per heavy atom. The number of morpholine rings is 1. The molecule has 1 aliphatic heterocycles. The molecular weight excluding hydrogens is 266 g/mol.